The van der Waals surface area contributed by atoms with Crippen molar-refractivity contribution in [2.24, 2.45) is 0 Å². The van der Waals surface area contributed by atoms with Crippen LogP contribution in [-0.4, -0.2) is 10.2 Å². The molecule has 2 rings (SSSR count). The summed E-state index contributed by atoms with van der Waals surface area (Å²) in [6.07, 6.45) is 2.60. The van der Waals surface area contributed by atoms with Crippen molar-refractivity contribution in [1.29, 1.82) is 0 Å². The predicted octanol–water partition coefficient (Wildman–Crippen LogP) is 4.33. The van der Waals surface area contributed by atoms with Crippen LogP contribution in [0.15, 0.2) is 37.4 Å². The zero-order valence-electron chi connectivity index (χ0n) is 10.5. The highest BCUT2D eigenvalue weighted by Gasteiger charge is 2.13. The van der Waals surface area contributed by atoms with Gasteiger partial charge in [-0.15, -0.1) is 0 Å². The summed E-state index contributed by atoms with van der Waals surface area (Å²) >= 11 is 0. The normalized spacial score (nSPS) is 10.3. The lowest BCUT2D eigenvalue weighted by molar-refractivity contribution is 0.430. The summed E-state index contributed by atoms with van der Waals surface area (Å²) in [7, 11) is 0. The Morgan fingerprint density at radius 1 is 0.750 bits per heavy atom. The molecule has 0 fully saturated rings. The van der Waals surface area contributed by atoms with Crippen LogP contribution in [0.1, 0.15) is 11.1 Å². The molecule has 0 atom stereocenters. The van der Waals surface area contributed by atoms with E-state index in [1.54, 1.807) is 0 Å². The van der Waals surface area contributed by atoms with E-state index in [9.17, 15) is 19.0 Å². The van der Waals surface area contributed by atoms with Gasteiger partial charge in [-0.3, -0.25) is 0 Å². The predicted molar refractivity (Wildman–Crippen MR) is 75.3 cm³/mol. The van der Waals surface area contributed by atoms with Crippen LogP contribution >= 0.6 is 0 Å². The van der Waals surface area contributed by atoms with Crippen molar-refractivity contribution in [2.45, 2.75) is 0 Å². The van der Waals surface area contributed by atoms with Gasteiger partial charge in [0, 0.05) is 11.1 Å². The van der Waals surface area contributed by atoms with Crippen molar-refractivity contribution in [3.05, 3.63) is 60.2 Å². The van der Waals surface area contributed by atoms with Crippen molar-refractivity contribution in [1.82, 2.24) is 0 Å². The monoisotopic (exact) mass is 274 g/mol. The Morgan fingerprint density at radius 3 is 1.40 bits per heavy atom. The lowest BCUT2D eigenvalue weighted by atomic mass is 9.99. The van der Waals surface area contributed by atoms with Crippen LogP contribution < -0.4 is 0 Å². The summed E-state index contributed by atoms with van der Waals surface area (Å²) in [4.78, 5) is 0. The maximum atomic E-state index is 13.6. The third-order valence-electron chi connectivity index (χ3n) is 2.96. The molecule has 0 aliphatic carbocycles. The second kappa shape index (κ2) is 5.17. The van der Waals surface area contributed by atoms with E-state index >= 15 is 0 Å². The van der Waals surface area contributed by atoms with Crippen LogP contribution in [0, 0.1) is 11.6 Å². The van der Waals surface area contributed by atoms with Crippen LogP contribution in [-0.2, 0) is 0 Å². The van der Waals surface area contributed by atoms with Crippen LogP contribution in [0.3, 0.4) is 0 Å². The first-order valence-electron chi connectivity index (χ1n) is 5.78. The number of hydrogen-bond donors (Lipinski definition) is 2. The molecule has 0 aliphatic rings. The molecule has 2 aromatic carbocycles. The molecular formula is C16H12F2O2. The van der Waals surface area contributed by atoms with E-state index in [0.717, 1.165) is 12.1 Å². The maximum absolute atomic E-state index is 13.6. The minimum atomic E-state index is -0.828. The molecule has 0 unspecified atom stereocenters. The molecule has 0 radical (unpaired) electrons. The van der Waals surface area contributed by atoms with Gasteiger partial charge in [0.1, 0.15) is 0 Å². The molecule has 2 N–H and O–H groups in total. The largest absolute Gasteiger partial charge is 0.504 e. The average Bonchev–Trinajstić information content (AvgIpc) is 2.44. The molecule has 20 heavy (non-hydrogen) atoms. The van der Waals surface area contributed by atoms with E-state index in [1.807, 2.05) is 0 Å². The zero-order valence-corrected chi connectivity index (χ0v) is 10.5. The molecule has 2 nitrogen and oxygen atoms in total. The van der Waals surface area contributed by atoms with E-state index in [-0.39, 0.29) is 11.1 Å². The minimum Gasteiger partial charge on any atom is -0.504 e. The first-order valence-corrected chi connectivity index (χ1v) is 5.78. The smallest absolute Gasteiger partial charge is 0.166 e. The van der Waals surface area contributed by atoms with Crippen LogP contribution in [0.25, 0.3) is 23.3 Å². The van der Waals surface area contributed by atoms with Gasteiger partial charge in [0.2, 0.25) is 0 Å². The Bertz CT molecular complexity index is 645. The Morgan fingerprint density at radius 2 is 1.10 bits per heavy atom. The van der Waals surface area contributed by atoms with Crippen LogP contribution in [0.2, 0.25) is 0 Å². The van der Waals surface area contributed by atoms with E-state index in [0.29, 0.717) is 11.1 Å². The lowest BCUT2D eigenvalue weighted by Gasteiger charge is -2.09. The molecule has 102 valence electrons. The van der Waals surface area contributed by atoms with Gasteiger partial charge in [-0.25, -0.2) is 8.78 Å². The molecule has 0 amide bonds. The van der Waals surface area contributed by atoms with Crippen molar-refractivity contribution in [2.75, 3.05) is 0 Å². The van der Waals surface area contributed by atoms with Gasteiger partial charge in [-0.1, -0.05) is 25.3 Å². The Labute approximate surface area is 114 Å². The van der Waals surface area contributed by atoms with Crippen molar-refractivity contribution in [3.8, 4) is 22.6 Å². The van der Waals surface area contributed by atoms with Gasteiger partial charge in [0.15, 0.2) is 23.1 Å². The fraction of sp³-hybridized carbons (Fsp3) is 0. The second-order valence-electron chi connectivity index (χ2n) is 4.20. The number of hydrogen-bond acceptors (Lipinski definition) is 2. The van der Waals surface area contributed by atoms with Gasteiger partial charge >= 0.3 is 0 Å². The van der Waals surface area contributed by atoms with Gasteiger partial charge in [0.25, 0.3) is 0 Å². The summed E-state index contributed by atoms with van der Waals surface area (Å²) in [5.41, 5.74) is 1.12. The molecule has 0 aromatic heterocycles. The van der Waals surface area contributed by atoms with E-state index in [2.05, 4.69) is 13.2 Å². The average molecular weight is 274 g/mol. The first-order chi connectivity index (χ1) is 9.47. The molecule has 0 bridgehead atoms. The molecule has 0 saturated heterocycles. The third-order valence-corrected chi connectivity index (χ3v) is 2.96. The number of rotatable bonds is 3. The summed E-state index contributed by atoms with van der Waals surface area (Å²) in [6, 6.07) is 5.12. The quantitative estimate of drug-likeness (QED) is 0.874. The van der Waals surface area contributed by atoms with Gasteiger partial charge in [-0.05, 0) is 35.4 Å². The maximum Gasteiger partial charge on any atom is 0.166 e. The number of aromatic hydroxyl groups is 2. The number of phenols is 2. The Balaban J connectivity index is 2.68. The van der Waals surface area contributed by atoms with Crippen molar-refractivity contribution >= 4 is 12.2 Å². The second-order valence-corrected chi connectivity index (χ2v) is 4.20. The molecular weight excluding hydrogens is 262 g/mol. The topological polar surface area (TPSA) is 40.5 Å². The summed E-state index contributed by atoms with van der Waals surface area (Å²) < 4.78 is 27.2. The highest BCUT2D eigenvalue weighted by molar-refractivity contribution is 5.74. The Hall–Kier alpha value is -2.62. The highest BCUT2D eigenvalue weighted by atomic mass is 19.1. The fourth-order valence-electron chi connectivity index (χ4n) is 1.89. The van der Waals surface area contributed by atoms with E-state index in [1.165, 1.54) is 24.3 Å². The van der Waals surface area contributed by atoms with Gasteiger partial charge in [0.05, 0.1) is 0 Å². The SMILES string of the molecule is C=Cc1cc(-c2cc(F)c(O)c(C=C)c2)cc(F)c1O. The molecule has 0 saturated carbocycles. The molecule has 0 heterocycles. The molecule has 2 aromatic rings. The minimum absolute atomic E-state index is 0.202. The summed E-state index contributed by atoms with van der Waals surface area (Å²) in [5, 5.41) is 19.0. The van der Waals surface area contributed by atoms with Gasteiger partial charge in [-0.2, -0.15) is 0 Å². The number of halogens is 2. The Kier molecular flexibility index (Phi) is 3.57. The molecule has 0 spiro atoms. The first kappa shape index (κ1) is 13.8. The lowest BCUT2D eigenvalue weighted by Crippen LogP contribution is -1.89. The molecule has 4 heteroatoms. The van der Waals surface area contributed by atoms with Crippen molar-refractivity contribution in [3.63, 3.8) is 0 Å². The third kappa shape index (κ3) is 2.28. The van der Waals surface area contributed by atoms with Crippen LogP contribution in [0.4, 0.5) is 8.78 Å². The summed E-state index contributed by atoms with van der Waals surface area (Å²) in [6.45, 7) is 6.95. The molecule has 0 aliphatic heterocycles. The van der Waals surface area contributed by atoms with E-state index < -0.39 is 23.1 Å². The highest BCUT2D eigenvalue weighted by Crippen LogP contribution is 2.33. The van der Waals surface area contributed by atoms with Crippen molar-refractivity contribution < 1.29 is 19.0 Å². The summed E-state index contributed by atoms with van der Waals surface area (Å²) in [5.74, 6) is -2.67. The van der Waals surface area contributed by atoms with Crippen LogP contribution in [0.5, 0.6) is 11.5 Å². The van der Waals surface area contributed by atoms with Gasteiger partial charge < -0.3 is 10.2 Å². The standard InChI is InChI=1S/C16H12F2O2/c1-3-9-5-11(7-13(17)15(9)19)12-6-10(4-2)16(20)14(18)8-12/h3-8,19-20H,1-2H2. The number of phenolic OH excluding ortho intramolecular Hbond substituents is 2. The fourth-order valence-corrected chi connectivity index (χ4v) is 1.89. The number of benzene rings is 2. The zero-order chi connectivity index (χ0) is 14.9. The van der Waals surface area contributed by atoms with E-state index in [4.69, 9.17) is 0 Å².